The molecule has 0 spiro atoms. The first kappa shape index (κ1) is 18.3. The van der Waals surface area contributed by atoms with Gasteiger partial charge in [0.15, 0.2) is 0 Å². The summed E-state index contributed by atoms with van der Waals surface area (Å²) < 4.78 is 49.7. The summed E-state index contributed by atoms with van der Waals surface area (Å²) in [6.45, 7) is 3.46. The SMILES string of the molecule is CC(C)NCc1cc(S(=O)(=O)N(C)CC(F)F)ccc1Cl. The first-order chi connectivity index (χ1) is 9.64. The van der Waals surface area contributed by atoms with Crippen molar-refractivity contribution in [1.29, 1.82) is 0 Å². The van der Waals surface area contributed by atoms with Crippen LogP contribution in [0.4, 0.5) is 8.78 Å². The van der Waals surface area contributed by atoms with Crippen LogP contribution in [-0.2, 0) is 16.6 Å². The summed E-state index contributed by atoms with van der Waals surface area (Å²) in [5.74, 6) is 0. The molecule has 21 heavy (non-hydrogen) atoms. The lowest BCUT2D eigenvalue weighted by Gasteiger charge is -2.18. The van der Waals surface area contributed by atoms with Gasteiger partial charge in [-0.1, -0.05) is 25.4 Å². The van der Waals surface area contributed by atoms with Crippen LogP contribution in [0.3, 0.4) is 0 Å². The highest BCUT2D eigenvalue weighted by Gasteiger charge is 2.24. The summed E-state index contributed by atoms with van der Waals surface area (Å²) in [7, 11) is -2.82. The number of hydrogen-bond donors (Lipinski definition) is 1. The van der Waals surface area contributed by atoms with E-state index in [1.54, 1.807) is 0 Å². The first-order valence-corrected chi connectivity index (χ1v) is 8.22. The Morgan fingerprint density at radius 2 is 1.95 bits per heavy atom. The normalized spacial score (nSPS) is 12.6. The fraction of sp³-hybridized carbons (Fsp3) is 0.538. The van der Waals surface area contributed by atoms with Gasteiger partial charge < -0.3 is 5.32 Å². The zero-order valence-electron chi connectivity index (χ0n) is 12.1. The molecular formula is C13H19ClF2N2O2S. The fourth-order valence-corrected chi connectivity index (χ4v) is 3.02. The van der Waals surface area contributed by atoms with Crippen LogP contribution in [0.5, 0.6) is 0 Å². The van der Waals surface area contributed by atoms with E-state index in [1.807, 2.05) is 13.8 Å². The predicted octanol–water partition coefficient (Wildman–Crippen LogP) is 2.72. The van der Waals surface area contributed by atoms with Gasteiger partial charge in [0.2, 0.25) is 10.0 Å². The monoisotopic (exact) mass is 340 g/mol. The second-order valence-electron chi connectivity index (χ2n) is 4.97. The molecule has 0 atom stereocenters. The number of nitrogens with one attached hydrogen (secondary N) is 1. The number of halogens is 3. The summed E-state index contributed by atoms with van der Waals surface area (Å²) >= 11 is 6.03. The van der Waals surface area contributed by atoms with Gasteiger partial charge in [0, 0.05) is 24.7 Å². The molecule has 0 saturated carbocycles. The number of rotatable bonds is 7. The highest BCUT2D eigenvalue weighted by molar-refractivity contribution is 7.89. The van der Waals surface area contributed by atoms with Crippen molar-refractivity contribution in [2.45, 2.75) is 37.8 Å². The van der Waals surface area contributed by atoms with E-state index < -0.39 is 23.0 Å². The van der Waals surface area contributed by atoms with E-state index in [1.165, 1.54) is 18.2 Å². The molecule has 0 heterocycles. The Bertz CT molecular complexity index is 580. The summed E-state index contributed by atoms with van der Waals surface area (Å²) in [6, 6.07) is 4.40. The summed E-state index contributed by atoms with van der Waals surface area (Å²) in [6.07, 6.45) is -2.72. The van der Waals surface area contributed by atoms with Crippen molar-refractivity contribution in [3.8, 4) is 0 Å². The van der Waals surface area contributed by atoms with Crippen LogP contribution in [0.1, 0.15) is 19.4 Å². The highest BCUT2D eigenvalue weighted by Crippen LogP contribution is 2.23. The van der Waals surface area contributed by atoms with E-state index in [0.717, 1.165) is 7.05 Å². The zero-order chi connectivity index (χ0) is 16.2. The molecule has 0 fully saturated rings. The average molecular weight is 341 g/mol. The van der Waals surface area contributed by atoms with Gasteiger partial charge in [-0.2, -0.15) is 4.31 Å². The molecule has 0 aliphatic heterocycles. The van der Waals surface area contributed by atoms with E-state index in [0.29, 0.717) is 21.4 Å². The fourth-order valence-electron chi connectivity index (χ4n) is 1.63. The smallest absolute Gasteiger partial charge is 0.252 e. The Hall–Kier alpha value is -0.760. The van der Waals surface area contributed by atoms with Gasteiger partial charge in [0.05, 0.1) is 11.4 Å². The van der Waals surface area contributed by atoms with Gasteiger partial charge in [-0.3, -0.25) is 0 Å². The molecule has 0 aliphatic carbocycles. The second-order valence-corrected chi connectivity index (χ2v) is 7.42. The molecule has 0 radical (unpaired) electrons. The van der Waals surface area contributed by atoms with Crippen LogP contribution in [0.25, 0.3) is 0 Å². The van der Waals surface area contributed by atoms with Crippen molar-refractivity contribution in [1.82, 2.24) is 9.62 Å². The second kappa shape index (κ2) is 7.49. The van der Waals surface area contributed by atoms with Crippen LogP contribution >= 0.6 is 11.6 Å². The van der Waals surface area contributed by atoms with Crippen LogP contribution in [0.15, 0.2) is 23.1 Å². The molecule has 0 amide bonds. The Balaban J connectivity index is 3.05. The van der Waals surface area contributed by atoms with Crippen molar-refractivity contribution >= 4 is 21.6 Å². The molecule has 120 valence electrons. The summed E-state index contributed by atoms with van der Waals surface area (Å²) in [4.78, 5) is -0.0457. The van der Waals surface area contributed by atoms with Crippen molar-refractivity contribution in [2.75, 3.05) is 13.6 Å². The van der Waals surface area contributed by atoms with Gasteiger partial charge in [-0.15, -0.1) is 0 Å². The first-order valence-electron chi connectivity index (χ1n) is 6.41. The molecule has 8 heteroatoms. The summed E-state index contributed by atoms with van der Waals surface area (Å²) in [5, 5.41) is 3.56. The molecule has 1 N–H and O–H groups in total. The summed E-state index contributed by atoms with van der Waals surface area (Å²) in [5.41, 5.74) is 0.608. The lowest BCUT2D eigenvalue weighted by molar-refractivity contribution is 0.126. The highest BCUT2D eigenvalue weighted by atomic mass is 35.5. The van der Waals surface area contributed by atoms with Crippen molar-refractivity contribution in [3.05, 3.63) is 28.8 Å². The third kappa shape index (κ3) is 5.18. The van der Waals surface area contributed by atoms with Crippen LogP contribution in [-0.4, -0.2) is 38.8 Å². The van der Waals surface area contributed by atoms with Crippen molar-refractivity contribution < 1.29 is 17.2 Å². The molecule has 0 saturated heterocycles. The molecular weight excluding hydrogens is 322 g/mol. The van der Waals surface area contributed by atoms with Gasteiger partial charge >= 0.3 is 0 Å². The molecule has 1 aromatic carbocycles. The molecule has 0 aromatic heterocycles. The van der Waals surface area contributed by atoms with E-state index in [-0.39, 0.29) is 10.9 Å². The average Bonchev–Trinajstić information content (AvgIpc) is 2.36. The number of alkyl halides is 2. The lowest BCUT2D eigenvalue weighted by Crippen LogP contribution is -2.31. The van der Waals surface area contributed by atoms with E-state index >= 15 is 0 Å². The Morgan fingerprint density at radius 3 is 2.48 bits per heavy atom. The molecule has 0 aliphatic rings. The van der Waals surface area contributed by atoms with Gasteiger partial charge in [0.25, 0.3) is 6.43 Å². The number of sulfonamides is 1. The zero-order valence-corrected chi connectivity index (χ0v) is 13.7. The molecule has 4 nitrogen and oxygen atoms in total. The minimum Gasteiger partial charge on any atom is -0.310 e. The van der Waals surface area contributed by atoms with Crippen LogP contribution < -0.4 is 5.32 Å². The van der Waals surface area contributed by atoms with Gasteiger partial charge in [-0.05, 0) is 23.8 Å². The van der Waals surface area contributed by atoms with Gasteiger partial charge in [0.1, 0.15) is 0 Å². The van der Waals surface area contributed by atoms with Gasteiger partial charge in [-0.25, -0.2) is 17.2 Å². The topological polar surface area (TPSA) is 49.4 Å². The van der Waals surface area contributed by atoms with E-state index in [9.17, 15) is 17.2 Å². The minimum atomic E-state index is -3.94. The third-order valence-electron chi connectivity index (χ3n) is 2.82. The number of nitrogens with zero attached hydrogens (tertiary/aromatic N) is 1. The van der Waals surface area contributed by atoms with Crippen molar-refractivity contribution in [3.63, 3.8) is 0 Å². The molecule has 0 bridgehead atoms. The van der Waals surface area contributed by atoms with E-state index in [4.69, 9.17) is 11.6 Å². The molecule has 1 rings (SSSR count). The largest absolute Gasteiger partial charge is 0.310 e. The molecule has 0 unspecified atom stereocenters. The van der Waals surface area contributed by atoms with E-state index in [2.05, 4.69) is 5.32 Å². The standard InChI is InChI=1S/C13H19ClF2N2O2S/c1-9(2)17-7-10-6-11(4-5-12(10)14)21(19,20)18(3)8-13(15)16/h4-6,9,13,17H,7-8H2,1-3H3. The predicted molar refractivity (Wildman–Crippen MR) is 79.2 cm³/mol. The third-order valence-corrected chi connectivity index (χ3v) is 5.01. The van der Waals surface area contributed by atoms with Crippen LogP contribution in [0, 0.1) is 0 Å². The Labute approximate surface area is 129 Å². The molecule has 1 aromatic rings. The Kier molecular flexibility index (Phi) is 6.52. The maximum Gasteiger partial charge on any atom is 0.252 e. The van der Waals surface area contributed by atoms with Crippen molar-refractivity contribution in [2.24, 2.45) is 0 Å². The maximum atomic E-state index is 12.3. The number of benzene rings is 1. The quantitative estimate of drug-likeness (QED) is 0.830. The maximum absolute atomic E-state index is 12.3. The lowest BCUT2D eigenvalue weighted by atomic mass is 10.2. The number of hydrogen-bond acceptors (Lipinski definition) is 3. The Morgan fingerprint density at radius 1 is 1.33 bits per heavy atom. The van der Waals surface area contributed by atoms with Crippen LogP contribution in [0.2, 0.25) is 5.02 Å². The minimum absolute atomic E-state index is 0.0457.